The summed E-state index contributed by atoms with van der Waals surface area (Å²) in [5, 5.41) is 0.210. The first-order valence-electron chi connectivity index (χ1n) is 5.14. The van der Waals surface area contributed by atoms with Crippen LogP contribution < -0.4 is 21.5 Å². The summed E-state index contributed by atoms with van der Waals surface area (Å²) in [4.78, 5) is 2.05. The van der Waals surface area contributed by atoms with Gasteiger partial charge in [-0.15, -0.1) is 0 Å². The van der Waals surface area contributed by atoms with Crippen LogP contribution in [0.4, 0.5) is 5.69 Å². The molecule has 0 radical (unpaired) electrons. The first-order valence-corrected chi connectivity index (χ1v) is 5.55. The van der Waals surface area contributed by atoms with Gasteiger partial charge in [-0.3, -0.25) is 5.43 Å². The van der Waals surface area contributed by atoms with Crippen LogP contribution >= 0.6 is 12.2 Å². The van der Waals surface area contributed by atoms with Crippen LogP contribution in [0, 0.1) is 11.8 Å². The van der Waals surface area contributed by atoms with E-state index in [9.17, 15) is 0 Å². The van der Waals surface area contributed by atoms with Gasteiger partial charge in [0.25, 0.3) is 0 Å². The predicted molar refractivity (Wildman–Crippen MR) is 75.6 cm³/mol. The van der Waals surface area contributed by atoms with E-state index in [4.69, 9.17) is 5.73 Å². The lowest BCUT2D eigenvalue weighted by atomic mass is 10.2. The van der Waals surface area contributed by atoms with Crippen molar-refractivity contribution in [3.05, 3.63) is 29.8 Å². The summed E-state index contributed by atoms with van der Waals surface area (Å²) in [5.41, 5.74) is 12.8. The van der Waals surface area contributed by atoms with Crippen molar-refractivity contribution in [2.24, 2.45) is 5.73 Å². The topological polar surface area (TPSA) is 53.3 Å². The maximum Gasteiger partial charge on any atom is 0.178 e. The Morgan fingerprint density at radius 3 is 2.53 bits per heavy atom. The fraction of sp³-hybridized carbons (Fsp3) is 0.250. The lowest BCUT2D eigenvalue weighted by molar-refractivity contribution is 0.727. The number of anilines is 1. The number of thiocarbonyl (C=S) groups is 1. The van der Waals surface area contributed by atoms with Crippen molar-refractivity contribution in [1.82, 2.24) is 10.9 Å². The molecule has 4 N–H and O–H groups in total. The third kappa shape index (κ3) is 5.20. The molecule has 90 valence electrons. The van der Waals surface area contributed by atoms with Gasteiger partial charge < -0.3 is 10.6 Å². The first-order chi connectivity index (χ1) is 8.09. The Morgan fingerprint density at radius 1 is 1.35 bits per heavy atom. The van der Waals surface area contributed by atoms with Gasteiger partial charge in [-0.05, 0) is 36.5 Å². The van der Waals surface area contributed by atoms with Crippen molar-refractivity contribution in [2.45, 2.75) is 0 Å². The van der Waals surface area contributed by atoms with Gasteiger partial charge in [-0.1, -0.05) is 11.8 Å². The molecular weight excluding hydrogens is 232 g/mol. The lowest BCUT2D eigenvalue weighted by Crippen LogP contribution is -2.40. The van der Waals surface area contributed by atoms with Gasteiger partial charge >= 0.3 is 0 Å². The highest BCUT2D eigenvalue weighted by Crippen LogP contribution is 2.11. The molecule has 1 rings (SSSR count). The van der Waals surface area contributed by atoms with Gasteiger partial charge in [0.2, 0.25) is 0 Å². The molecule has 0 spiro atoms. The minimum absolute atomic E-state index is 0.210. The lowest BCUT2D eigenvalue weighted by Gasteiger charge is -2.11. The average molecular weight is 248 g/mol. The molecule has 0 fully saturated rings. The van der Waals surface area contributed by atoms with Crippen LogP contribution in [-0.2, 0) is 0 Å². The van der Waals surface area contributed by atoms with Crippen LogP contribution in [0.3, 0.4) is 0 Å². The number of hydrogen-bond donors (Lipinski definition) is 3. The molecule has 0 atom stereocenters. The van der Waals surface area contributed by atoms with E-state index in [1.54, 1.807) is 0 Å². The quantitative estimate of drug-likeness (QED) is 0.314. The van der Waals surface area contributed by atoms with E-state index in [0.717, 1.165) is 11.3 Å². The number of hydrazine groups is 1. The molecule has 0 unspecified atom stereocenters. The van der Waals surface area contributed by atoms with Crippen LogP contribution in [0.5, 0.6) is 0 Å². The van der Waals surface area contributed by atoms with Crippen LogP contribution in [0.1, 0.15) is 5.56 Å². The average Bonchev–Trinajstić information content (AvgIpc) is 2.29. The Morgan fingerprint density at radius 2 is 2.00 bits per heavy atom. The summed E-state index contributed by atoms with van der Waals surface area (Å²) in [6.45, 7) is 0.479. The Balaban J connectivity index is 2.46. The second-order valence-corrected chi connectivity index (χ2v) is 4.03. The van der Waals surface area contributed by atoms with E-state index in [0.29, 0.717) is 6.54 Å². The third-order valence-electron chi connectivity index (χ3n) is 2.00. The molecule has 0 saturated carbocycles. The molecular formula is C12H16N4S. The summed E-state index contributed by atoms with van der Waals surface area (Å²) in [5.74, 6) is 5.98. The maximum absolute atomic E-state index is 5.24. The van der Waals surface area contributed by atoms with Gasteiger partial charge in [0.05, 0.1) is 6.54 Å². The van der Waals surface area contributed by atoms with E-state index in [2.05, 4.69) is 34.9 Å². The second kappa shape index (κ2) is 6.74. The third-order valence-corrected chi connectivity index (χ3v) is 2.11. The fourth-order valence-corrected chi connectivity index (χ4v) is 1.24. The molecule has 1 aromatic carbocycles. The molecule has 17 heavy (non-hydrogen) atoms. The largest absolute Gasteiger partial charge is 0.378 e. The Hall–Kier alpha value is -1.77. The molecule has 5 heteroatoms. The summed E-state index contributed by atoms with van der Waals surface area (Å²) in [6.07, 6.45) is 0. The van der Waals surface area contributed by atoms with E-state index >= 15 is 0 Å². The number of nitrogens with one attached hydrogen (secondary N) is 2. The van der Waals surface area contributed by atoms with Crippen molar-refractivity contribution in [2.75, 3.05) is 25.5 Å². The molecule has 1 aromatic rings. The summed E-state index contributed by atoms with van der Waals surface area (Å²) >= 11 is 4.63. The molecule has 0 aliphatic rings. The normalized spacial score (nSPS) is 9.06. The van der Waals surface area contributed by atoms with Gasteiger partial charge in [0, 0.05) is 25.3 Å². The van der Waals surface area contributed by atoms with Gasteiger partial charge in [0.1, 0.15) is 0 Å². The second-order valence-electron chi connectivity index (χ2n) is 3.59. The molecule has 0 heterocycles. The van der Waals surface area contributed by atoms with Gasteiger partial charge in [-0.25, -0.2) is 5.43 Å². The van der Waals surface area contributed by atoms with Crippen molar-refractivity contribution in [3.63, 3.8) is 0 Å². The van der Waals surface area contributed by atoms with Crippen molar-refractivity contribution in [3.8, 4) is 11.8 Å². The Labute approximate surface area is 107 Å². The minimum atomic E-state index is 0.210. The van der Waals surface area contributed by atoms with E-state index in [1.807, 2.05) is 43.3 Å². The molecule has 0 aliphatic carbocycles. The van der Waals surface area contributed by atoms with Gasteiger partial charge in [0.15, 0.2) is 5.11 Å². The molecule has 0 aliphatic heterocycles. The number of nitrogens with zero attached hydrogens (tertiary/aromatic N) is 1. The highest BCUT2D eigenvalue weighted by molar-refractivity contribution is 7.80. The molecule has 0 amide bonds. The summed E-state index contributed by atoms with van der Waals surface area (Å²) < 4.78 is 0. The van der Waals surface area contributed by atoms with Gasteiger partial charge in [-0.2, -0.15) is 0 Å². The zero-order valence-corrected chi connectivity index (χ0v) is 10.8. The molecule has 0 saturated heterocycles. The SMILES string of the molecule is CN(C)c1ccc(C#CCNNC(N)=S)cc1. The van der Waals surface area contributed by atoms with Crippen molar-refractivity contribution < 1.29 is 0 Å². The number of rotatable bonds is 3. The molecule has 0 bridgehead atoms. The monoisotopic (exact) mass is 248 g/mol. The number of nitrogens with two attached hydrogens (primary N) is 1. The van der Waals surface area contributed by atoms with Crippen LogP contribution in [0.2, 0.25) is 0 Å². The van der Waals surface area contributed by atoms with Crippen LogP contribution in [-0.4, -0.2) is 25.8 Å². The standard InChI is InChI=1S/C12H16N4S/c1-16(2)11-7-5-10(6-8-11)4-3-9-14-15-12(13)17/h5-8,14H,9H2,1-2H3,(H3,13,15,17). The highest BCUT2D eigenvalue weighted by atomic mass is 32.1. The predicted octanol–water partition coefficient (Wildman–Crippen LogP) is 0.442. The minimum Gasteiger partial charge on any atom is -0.378 e. The first kappa shape index (κ1) is 13.3. The molecule has 4 nitrogen and oxygen atoms in total. The van der Waals surface area contributed by atoms with E-state index in [-0.39, 0.29) is 5.11 Å². The van der Waals surface area contributed by atoms with Crippen LogP contribution in [0.25, 0.3) is 0 Å². The zero-order valence-electron chi connectivity index (χ0n) is 9.95. The molecule has 0 aromatic heterocycles. The highest BCUT2D eigenvalue weighted by Gasteiger charge is 1.93. The number of hydrogen-bond acceptors (Lipinski definition) is 3. The summed E-state index contributed by atoms with van der Waals surface area (Å²) in [7, 11) is 4.01. The smallest absolute Gasteiger partial charge is 0.178 e. The van der Waals surface area contributed by atoms with E-state index in [1.165, 1.54) is 0 Å². The van der Waals surface area contributed by atoms with E-state index < -0.39 is 0 Å². The zero-order chi connectivity index (χ0) is 12.7. The Kier molecular flexibility index (Phi) is 5.27. The number of benzene rings is 1. The maximum atomic E-state index is 5.24. The fourth-order valence-electron chi connectivity index (χ4n) is 1.16. The summed E-state index contributed by atoms with van der Waals surface area (Å²) in [6, 6.07) is 8.04. The van der Waals surface area contributed by atoms with Crippen molar-refractivity contribution >= 4 is 23.0 Å². The van der Waals surface area contributed by atoms with Crippen molar-refractivity contribution in [1.29, 1.82) is 0 Å². The van der Waals surface area contributed by atoms with Crippen LogP contribution in [0.15, 0.2) is 24.3 Å². The Bertz CT molecular complexity index is 428.